The van der Waals surface area contributed by atoms with Crippen molar-refractivity contribution < 1.29 is 4.74 Å². The third kappa shape index (κ3) is 9.28. The number of aryl methyl sites for hydroxylation is 1. The normalized spacial score (nSPS) is 12.6. The predicted octanol–water partition coefficient (Wildman–Crippen LogP) is 20.5. The first kappa shape index (κ1) is 50.1. The Morgan fingerprint density at radius 1 is 0.400 bits per heavy atom. The summed E-state index contributed by atoms with van der Waals surface area (Å²) in [6.45, 7) is 16.4. The standard InChI is InChI=1S/C75H64N4O/c1-50-43-71(76-48-66(50)52-23-12-9-13-24-52)79-67-32-15-14-29-64(67)72-65(54-37-41-58(42-38-54)75(5,6)7)46-61(47-70(72)79)80-60-28-19-27-59(45-60)77-49-78(69-34-17-16-33-68(69)77)73-62(53-35-39-57(40-36-53)74(2,3)4)30-20-31-63(73)56-26-18-25-55(44-56)51-21-10-8-11-22-51/h8-48H,49H2,1-7H3. The number of para-hydroxylation sites is 4. The number of benzene rings is 10. The highest BCUT2D eigenvalue weighted by Gasteiger charge is 2.32. The van der Waals surface area contributed by atoms with Crippen molar-refractivity contribution in [3.05, 3.63) is 266 Å². The Balaban J connectivity index is 0.922. The van der Waals surface area contributed by atoms with Crippen molar-refractivity contribution in [1.82, 2.24) is 9.55 Å². The van der Waals surface area contributed by atoms with Gasteiger partial charge in [0.05, 0.1) is 28.1 Å². The van der Waals surface area contributed by atoms with Crippen LogP contribution in [0.4, 0.5) is 22.7 Å². The average molecular weight is 1040 g/mol. The van der Waals surface area contributed by atoms with E-state index in [-0.39, 0.29) is 10.8 Å². The maximum Gasteiger partial charge on any atom is 0.137 e. The predicted molar refractivity (Wildman–Crippen MR) is 336 cm³/mol. The van der Waals surface area contributed by atoms with E-state index in [4.69, 9.17) is 9.72 Å². The van der Waals surface area contributed by atoms with E-state index < -0.39 is 0 Å². The van der Waals surface area contributed by atoms with Crippen LogP contribution in [0.3, 0.4) is 0 Å². The van der Waals surface area contributed by atoms with Crippen LogP contribution >= 0.6 is 0 Å². The van der Waals surface area contributed by atoms with Crippen molar-refractivity contribution in [2.45, 2.75) is 59.3 Å². The van der Waals surface area contributed by atoms with Crippen LogP contribution in [0.5, 0.6) is 11.5 Å². The van der Waals surface area contributed by atoms with E-state index in [0.717, 1.165) is 95.3 Å². The number of nitrogens with zero attached hydrogens (tertiary/aromatic N) is 4. The lowest BCUT2D eigenvalue weighted by Crippen LogP contribution is -2.25. The Hall–Kier alpha value is -9.45. The monoisotopic (exact) mass is 1040 g/mol. The number of fused-ring (bicyclic) bond motifs is 4. The van der Waals surface area contributed by atoms with Gasteiger partial charge in [-0.05, 0) is 122 Å². The number of aromatic nitrogens is 2. The third-order valence-electron chi connectivity index (χ3n) is 16.0. The molecule has 2 aromatic heterocycles. The van der Waals surface area contributed by atoms with E-state index in [0.29, 0.717) is 6.67 Å². The molecule has 1 aliphatic heterocycles. The van der Waals surface area contributed by atoms with Gasteiger partial charge in [0.1, 0.15) is 24.0 Å². The van der Waals surface area contributed by atoms with Gasteiger partial charge < -0.3 is 14.5 Å². The molecular formula is C75H64N4O. The molecule has 12 aromatic rings. The van der Waals surface area contributed by atoms with Crippen LogP contribution in [0.15, 0.2) is 249 Å². The van der Waals surface area contributed by atoms with Crippen molar-refractivity contribution >= 4 is 44.6 Å². The lowest BCUT2D eigenvalue weighted by Gasteiger charge is -2.28. The van der Waals surface area contributed by atoms with Crippen LogP contribution in [0.2, 0.25) is 0 Å². The maximum absolute atomic E-state index is 7.17. The summed E-state index contributed by atoms with van der Waals surface area (Å²) in [5.41, 5.74) is 21.9. The molecule has 0 unspecified atom stereocenters. The fraction of sp³-hybridized carbons (Fsp3) is 0.133. The topological polar surface area (TPSA) is 33.5 Å². The first-order valence-electron chi connectivity index (χ1n) is 27.9. The molecule has 1 aliphatic rings. The number of hydrogen-bond donors (Lipinski definition) is 0. The molecular weight excluding hydrogens is 973 g/mol. The van der Waals surface area contributed by atoms with Gasteiger partial charge in [0.15, 0.2) is 0 Å². The summed E-state index contributed by atoms with van der Waals surface area (Å²) in [6.07, 6.45) is 2.02. The molecule has 0 N–H and O–H groups in total. The molecule has 0 fully saturated rings. The number of pyridine rings is 1. The average Bonchev–Trinajstić information content (AvgIpc) is 4.22. The van der Waals surface area contributed by atoms with Crippen LogP contribution in [0, 0.1) is 6.92 Å². The van der Waals surface area contributed by atoms with E-state index in [9.17, 15) is 0 Å². The van der Waals surface area contributed by atoms with Gasteiger partial charge >= 0.3 is 0 Å². The summed E-state index contributed by atoms with van der Waals surface area (Å²) in [6, 6.07) is 87.9. The Kier molecular flexibility index (Phi) is 12.6. The summed E-state index contributed by atoms with van der Waals surface area (Å²) in [5.74, 6) is 2.34. The maximum atomic E-state index is 7.17. The highest BCUT2D eigenvalue weighted by molar-refractivity contribution is 6.16. The fourth-order valence-corrected chi connectivity index (χ4v) is 11.8. The second-order valence-electron chi connectivity index (χ2n) is 23.3. The van der Waals surface area contributed by atoms with E-state index in [1.54, 1.807) is 0 Å². The molecule has 0 spiro atoms. The lowest BCUT2D eigenvalue weighted by molar-refractivity contribution is 0.483. The van der Waals surface area contributed by atoms with Crippen LogP contribution in [0.1, 0.15) is 58.2 Å². The van der Waals surface area contributed by atoms with Crippen molar-refractivity contribution in [3.8, 4) is 73.0 Å². The largest absolute Gasteiger partial charge is 0.457 e. The van der Waals surface area contributed by atoms with Gasteiger partial charge in [0, 0.05) is 51.5 Å². The summed E-state index contributed by atoms with van der Waals surface area (Å²) >= 11 is 0. The SMILES string of the molecule is Cc1cc(-n2c3ccccc3c3c(-c4ccc(C(C)(C)C)cc4)cc(Oc4cccc(N5CN(c6c(-c7ccc(C(C)(C)C)cc7)cccc6-c6cccc(-c7ccccc7)c6)c6ccccc65)c4)cc32)ncc1-c1ccccc1. The Morgan fingerprint density at radius 2 is 0.950 bits per heavy atom. The van der Waals surface area contributed by atoms with Crippen molar-refractivity contribution in [2.24, 2.45) is 0 Å². The molecule has 13 rings (SSSR count). The number of rotatable bonds is 10. The molecule has 390 valence electrons. The minimum atomic E-state index is 0.0146. The number of anilines is 4. The molecule has 80 heavy (non-hydrogen) atoms. The minimum absolute atomic E-state index is 0.0146. The van der Waals surface area contributed by atoms with Gasteiger partial charge in [0.2, 0.25) is 0 Å². The lowest BCUT2D eigenvalue weighted by atomic mass is 9.85. The molecule has 5 nitrogen and oxygen atoms in total. The molecule has 5 heteroatoms. The van der Waals surface area contributed by atoms with Crippen molar-refractivity contribution in [3.63, 3.8) is 0 Å². The van der Waals surface area contributed by atoms with Gasteiger partial charge in [-0.2, -0.15) is 0 Å². The molecule has 0 radical (unpaired) electrons. The zero-order chi connectivity index (χ0) is 54.7. The van der Waals surface area contributed by atoms with E-state index in [1.165, 1.54) is 38.9 Å². The second kappa shape index (κ2) is 20.1. The molecule has 0 amide bonds. The quantitative estimate of drug-likeness (QED) is 0.137. The van der Waals surface area contributed by atoms with Gasteiger partial charge in [-0.3, -0.25) is 4.57 Å². The third-order valence-corrected chi connectivity index (χ3v) is 16.0. The zero-order valence-corrected chi connectivity index (χ0v) is 46.6. The summed E-state index contributed by atoms with van der Waals surface area (Å²) in [5, 5.41) is 2.31. The Morgan fingerprint density at radius 3 is 1.62 bits per heavy atom. The van der Waals surface area contributed by atoms with Gasteiger partial charge in [0.25, 0.3) is 0 Å². The van der Waals surface area contributed by atoms with Crippen LogP contribution < -0.4 is 14.5 Å². The first-order chi connectivity index (χ1) is 38.8. The summed E-state index contributed by atoms with van der Waals surface area (Å²) in [4.78, 5) is 10.1. The fourth-order valence-electron chi connectivity index (χ4n) is 11.8. The highest BCUT2D eigenvalue weighted by Crippen LogP contribution is 2.51. The van der Waals surface area contributed by atoms with Crippen molar-refractivity contribution in [1.29, 1.82) is 0 Å². The molecule has 0 saturated carbocycles. The van der Waals surface area contributed by atoms with E-state index in [2.05, 4.69) is 305 Å². The van der Waals surface area contributed by atoms with Gasteiger partial charge in [-0.1, -0.05) is 224 Å². The van der Waals surface area contributed by atoms with E-state index in [1.807, 2.05) is 6.20 Å². The zero-order valence-electron chi connectivity index (χ0n) is 46.6. The molecule has 0 aliphatic carbocycles. The second-order valence-corrected chi connectivity index (χ2v) is 23.3. The molecule has 0 bridgehead atoms. The van der Waals surface area contributed by atoms with Gasteiger partial charge in [-0.15, -0.1) is 0 Å². The Labute approximate surface area is 470 Å². The molecule has 0 atom stereocenters. The Bertz CT molecular complexity index is 4260. The summed E-state index contributed by atoms with van der Waals surface area (Å²) in [7, 11) is 0. The molecule has 3 heterocycles. The van der Waals surface area contributed by atoms with Crippen molar-refractivity contribution in [2.75, 3.05) is 16.5 Å². The van der Waals surface area contributed by atoms with E-state index >= 15 is 0 Å². The minimum Gasteiger partial charge on any atom is -0.457 e. The number of ether oxygens (including phenoxy) is 1. The van der Waals surface area contributed by atoms with Gasteiger partial charge in [-0.25, -0.2) is 4.98 Å². The first-order valence-corrected chi connectivity index (χ1v) is 27.9. The smallest absolute Gasteiger partial charge is 0.137 e. The van der Waals surface area contributed by atoms with Crippen LogP contribution in [-0.4, -0.2) is 16.2 Å². The summed E-state index contributed by atoms with van der Waals surface area (Å²) < 4.78 is 9.48. The molecule has 10 aromatic carbocycles. The molecule has 0 saturated heterocycles. The van der Waals surface area contributed by atoms with Crippen LogP contribution in [0.25, 0.3) is 83.3 Å². The highest BCUT2D eigenvalue weighted by atomic mass is 16.5. The number of hydrogen-bond acceptors (Lipinski definition) is 4. The van der Waals surface area contributed by atoms with Crippen LogP contribution in [-0.2, 0) is 10.8 Å².